The standard InChI is InChI=1S/C9H10F3NO/c1-8(14,9(10,11)12)6-4-2-3-5-7(6)13/h2-5,14H,13H2,1H3/t8-/m0/s1. The van der Waals surface area contributed by atoms with Crippen LogP contribution in [0.4, 0.5) is 18.9 Å². The van der Waals surface area contributed by atoms with Crippen LogP contribution in [0.5, 0.6) is 0 Å². The summed E-state index contributed by atoms with van der Waals surface area (Å²) < 4.78 is 37.2. The quantitative estimate of drug-likeness (QED) is 0.689. The average Bonchev–Trinajstić information content (AvgIpc) is 2.02. The summed E-state index contributed by atoms with van der Waals surface area (Å²) in [6, 6.07) is 5.37. The molecule has 0 spiro atoms. The van der Waals surface area contributed by atoms with E-state index >= 15 is 0 Å². The number of halogens is 3. The molecule has 0 amide bonds. The van der Waals surface area contributed by atoms with Gasteiger partial charge in [0.25, 0.3) is 0 Å². The van der Waals surface area contributed by atoms with Crippen LogP contribution in [0.2, 0.25) is 0 Å². The van der Waals surface area contributed by atoms with Crippen LogP contribution in [0.25, 0.3) is 0 Å². The molecule has 0 aliphatic carbocycles. The molecule has 0 saturated heterocycles. The Kier molecular flexibility index (Phi) is 2.45. The molecule has 3 N–H and O–H groups in total. The Bertz CT molecular complexity index is 333. The first-order chi connectivity index (χ1) is 6.27. The summed E-state index contributed by atoms with van der Waals surface area (Å²) in [5.41, 5.74) is 2.04. The third kappa shape index (κ3) is 1.68. The van der Waals surface area contributed by atoms with Crippen LogP contribution >= 0.6 is 0 Å². The summed E-state index contributed by atoms with van der Waals surface area (Å²) in [5, 5.41) is 9.30. The number of benzene rings is 1. The molecule has 0 fully saturated rings. The van der Waals surface area contributed by atoms with Crippen LogP contribution in [-0.2, 0) is 5.60 Å². The number of hydrogen-bond acceptors (Lipinski definition) is 2. The van der Waals surface area contributed by atoms with Gasteiger partial charge in [-0.3, -0.25) is 0 Å². The Labute approximate surface area is 79.2 Å². The normalized spacial score (nSPS) is 16.4. The lowest BCUT2D eigenvalue weighted by Gasteiger charge is -2.27. The van der Waals surface area contributed by atoms with Crippen molar-refractivity contribution >= 4 is 5.69 Å². The van der Waals surface area contributed by atoms with Gasteiger partial charge in [-0.1, -0.05) is 18.2 Å². The summed E-state index contributed by atoms with van der Waals surface area (Å²) in [6.07, 6.45) is -4.73. The second-order valence-corrected chi connectivity index (χ2v) is 3.16. The molecule has 0 radical (unpaired) electrons. The smallest absolute Gasteiger partial charge is 0.398 e. The fraction of sp³-hybridized carbons (Fsp3) is 0.333. The van der Waals surface area contributed by atoms with Crippen LogP contribution < -0.4 is 5.73 Å². The van der Waals surface area contributed by atoms with E-state index in [1.807, 2.05) is 0 Å². The first-order valence-electron chi connectivity index (χ1n) is 3.91. The highest BCUT2D eigenvalue weighted by atomic mass is 19.4. The van der Waals surface area contributed by atoms with Gasteiger partial charge in [-0.05, 0) is 13.0 Å². The number of aliphatic hydroxyl groups is 1. The van der Waals surface area contributed by atoms with Crippen LogP contribution in [0.1, 0.15) is 12.5 Å². The van der Waals surface area contributed by atoms with Gasteiger partial charge < -0.3 is 10.8 Å². The largest absolute Gasteiger partial charge is 0.421 e. The average molecular weight is 205 g/mol. The van der Waals surface area contributed by atoms with Gasteiger partial charge in [0, 0.05) is 11.3 Å². The van der Waals surface area contributed by atoms with Crippen molar-refractivity contribution in [3.63, 3.8) is 0 Å². The zero-order chi connectivity index (χ0) is 11.0. The third-order valence-corrected chi connectivity index (χ3v) is 2.04. The van der Waals surface area contributed by atoms with Crippen LogP contribution in [-0.4, -0.2) is 11.3 Å². The second kappa shape index (κ2) is 3.16. The number of para-hydroxylation sites is 1. The van der Waals surface area contributed by atoms with Crippen LogP contribution in [0.15, 0.2) is 24.3 Å². The van der Waals surface area contributed by atoms with E-state index in [1.54, 1.807) is 0 Å². The SMILES string of the molecule is C[C@](O)(c1ccccc1N)C(F)(F)F. The highest BCUT2D eigenvalue weighted by molar-refractivity contribution is 5.49. The molecule has 1 aromatic carbocycles. The Morgan fingerprint density at radius 2 is 1.71 bits per heavy atom. The maximum Gasteiger partial charge on any atom is 0.421 e. The van der Waals surface area contributed by atoms with Crippen molar-refractivity contribution in [2.45, 2.75) is 18.7 Å². The lowest BCUT2D eigenvalue weighted by molar-refractivity contribution is -0.258. The van der Waals surface area contributed by atoms with Gasteiger partial charge in [0.2, 0.25) is 0 Å². The minimum atomic E-state index is -4.73. The van der Waals surface area contributed by atoms with E-state index in [9.17, 15) is 18.3 Å². The first-order valence-corrected chi connectivity index (χ1v) is 3.91. The second-order valence-electron chi connectivity index (χ2n) is 3.16. The molecule has 0 aliphatic heterocycles. The summed E-state index contributed by atoms with van der Waals surface area (Å²) in [5.74, 6) is 0. The molecular formula is C9H10F3NO. The molecule has 5 heteroatoms. The number of nitrogen functional groups attached to an aromatic ring is 1. The molecule has 0 aliphatic rings. The van der Waals surface area contributed by atoms with E-state index < -0.39 is 11.8 Å². The molecule has 14 heavy (non-hydrogen) atoms. The van der Waals surface area contributed by atoms with Gasteiger partial charge >= 0.3 is 6.18 Å². The van der Waals surface area contributed by atoms with Crippen LogP contribution in [0.3, 0.4) is 0 Å². The van der Waals surface area contributed by atoms with Gasteiger partial charge in [-0.2, -0.15) is 13.2 Å². The monoisotopic (exact) mass is 205 g/mol. The van der Waals surface area contributed by atoms with Gasteiger partial charge in [0.15, 0.2) is 5.60 Å². The zero-order valence-electron chi connectivity index (χ0n) is 7.47. The molecule has 1 aromatic rings. The predicted octanol–water partition coefficient (Wildman–Crippen LogP) is 2.04. The molecule has 0 bridgehead atoms. The Balaban J connectivity index is 3.23. The lowest BCUT2D eigenvalue weighted by atomic mass is 9.94. The van der Waals surface area contributed by atoms with E-state index in [0.717, 1.165) is 6.07 Å². The predicted molar refractivity (Wildman–Crippen MR) is 46.5 cm³/mol. The molecule has 78 valence electrons. The van der Waals surface area contributed by atoms with E-state index in [-0.39, 0.29) is 11.3 Å². The first kappa shape index (κ1) is 10.8. The van der Waals surface area contributed by atoms with Crippen molar-refractivity contribution in [1.29, 1.82) is 0 Å². The highest BCUT2D eigenvalue weighted by Crippen LogP contribution is 2.40. The Hall–Kier alpha value is -1.23. The lowest BCUT2D eigenvalue weighted by Crippen LogP contribution is -2.39. The van der Waals surface area contributed by atoms with Crippen molar-refractivity contribution in [2.24, 2.45) is 0 Å². The van der Waals surface area contributed by atoms with Crippen molar-refractivity contribution in [2.75, 3.05) is 5.73 Å². The fourth-order valence-corrected chi connectivity index (χ4v) is 1.09. The number of hydrogen-bond donors (Lipinski definition) is 2. The summed E-state index contributed by atoms with van der Waals surface area (Å²) in [6.45, 7) is 0.679. The molecule has 0 unspecified atom stereocenters. The summed E-state index contributed by atoms with van der Waals surface area (Å²) in [4.78, 5) is 0. The van der Waals surface area contributed by atoms with Crippen LogP contribution in [0, 0.1) is 0 Å². The fourth-order valence-electron chi connectivity index (χ4n) is 1.09. The molecular weight excluding hydrogens is 195 g/mol. The molecule has 2 nitrogen and oxygen atoms in total. The number of rotatable bonds is 1. The topological polar surface area (TPSA) is 46.2 Å². The number of nitrogens with two attached hydrogens (primary N) is 1. The van der Waals surface area contributed by atoms with Gasteiger partial charge in [0.05, 0.1) is 0 Å². The van der Waals surface area contributed by atoms with E-state index in [0.29, 0.717) is 6.92 Å². The molecule has 1 rings (SSSR count). The van der Waals surface area contributed by atoms with Crippen molar-refractivity contribution < 1.29 is 18.3 Å². The minimum absolute atomic E-state index is 0.0742. The van der Waals surface area contributed by atoms with Crippen molar-refractivity contribution in [3.8, 4) is 0 Å². The Morgan fingerprint density at radius 1 is 1.21 bits per heavy atom. The van der Waals surface area contributed by atoms with Crippen molar-refractivity contribution in [3.05, 3.63) is 29.8 Å². The van der Waals surface area contributed by atoms with E-state index in [2.05, 4.69) is 0 Å². The van der Waals surface area contributed by atoms with E-state index in [4.69, 9.17) is 5.73 Å². The third-order valence-electron chi connectivity index (χ3n) is 2.04. The number of anilines is 1. The number of alkyl halides is 3. The summed E-state index contributed by atoms with van der Waals surface area (Å²) in [7, 11) is 0. The Morgan fingerprint density at radius 3 is 2.14 bits per heavy atom. The maximum absolute atomic E-state index is 12.4. The molecule has 0 saturated carbocycles. The minimum Gasteiger partial charge on any atom is -0.398 e. The van der Waals surface area contributed by atoms with Gasteiger partial charge in [-0.15, -0.1) is 0 Å². The van der Waals surface area contributed by atoms with E-state index in [1.165, 1.54) is 18.2 Å². The highest BCUT2D eigenvalue weighted by Gasteiger charge is 2.51. The van der Waals surface area contributed by atoms with Gasteiger partial charge in [0.1, 0.15) is 0 Å². The molecule has 1 atom stereocenters. The van der Waals surface area contributed by atoms with Gasteiger partial charge in [-0.25, -0.2) is 0 Å². The van der Waals surface area contributed by atoms with Crippen molar-refractivity contribution in [1.82, 2.24) is 0 Å². The maximum atomic E-state index is 12.4. The summed E-state index contributed by atoms with van der Waals surface area (Å²) >= 11 is 0. The molecule has 0 aromatic heterocycles. The zero-order valence-corrected chi connectivity index (χ0v) is 7.47. The molecule has 0 heterocycles.